The van der Waals surface area contributed by atoms with Gasteiger partial charge in [0.15, 0.2) is 11.5 Å². The Morgan fingerprint density at radius 1 is 1.12 bits per heavy atom. The molecular weight excluding hydrogens is 216 g/mol. The second-order valence-corrected chi connectivity index (χ2v) is 4.68. The van der Waals surface area contributed by atoms with Gasteiger partial charge in [0, 0.05) is 0 Å². The summed E-state index contributed by atoms with van der Waals surface area (Å²) in [5.41, 5.74) is 1.07. The molecule has 0 heterocycles. The smallest absolute Gasteiger partial charge is 0.160 e. The van der Waals surface area contributed by atoms with Crippen LogP contribution in [0.15, 0.2) is 18.2 Å². The Bertz CT molecular complexity index is 347. The standard InChI is InChI=1S/C14H22O3/c1-10(2)7-12(15)8-11-5-6-13(16-3)14(9-11)17-4/h5-6,9-10,12,15H,7-8H2,1-4H3. The predicted molar refractivity (Wildman–Crippen MR) is 68.7 cm³/mol. The van der Waals surface area contributed by atoms with Crippen LogP contribution >= 0.6 is 0 Å². The van der Waals surface area contributed by atoms with Crippen molar-refractivity contribution in [1.82, 2.24) is 0 Å². The molecular formula is C14H22O3. The monoisotopic (exact) mass is 238 g/mol. The van der Waals surface area contributed by atoms with Crippen LogP contribution in [-0.2, 0) is 6.42 Å². The van der Waals surface area contributed by atoms with Gasteiger partial charge in [-0.3, -0.25) is 0 Å². The molecule has 1 aromatic rings. The molecule has 3 heteroatoms. The largest absolute Gasteiger partial charge is 0.493 e. The molecule has 96 valence electrons. The second-order valence-electron chi connectivity index (χ2n) is 4.68. The lowest BCUT2D eigenvalue weighted by molar-refractivity contribution is 0.149. The summed E-state index contributed by atoms with van der Waals surface area (Å²) in [6.45, 7) is 4.22. The fraction of sp³-hybridized carbons (Fsp3) is 0.571. The Balaban J connectivity index is 2.72. The van der Waals surface area contributed by atoms with E-state index in [2.05, 4.69) is 13.8 Å². The second kappa shape index (κ2) is 6.50. The summed E-state index contributed by atoms with van der Waals surface area (Å²) in [6.07, 6.45) is 1.17. The van der Waals surface area contributed by atoms with E-state index in [0.717, 1.165) is 17.7 Å². The van der Waals surface area contributed by atoms with Crippen molar-refractivity contribution in [3.63, 3.8) is 0 Å². The van der Waals surface area contributed by atoms with E-state index in [9.17, 15) is 5.11 Å². The Morgan fingerprint density at radius 2 is 1.76 bits per heavy atom. The number of ether oxygens (including phenoxy) is 2. The molecule has 1 unspecified atom stereocenters. The van der Waals surface area contributed by atoms with Gasteiger partial charge in [-0.05, 0) is 36.5 Å². The van der Waals surface area contributed by atoms with E-state index in [1.165, 1.54) is 0 Å². The van der Waals surface area contributed by atoms with Crippen molar-refractivity contribution in [2.24, 2.45) is 5.92 Å². The number of hydrogen-bond donors (Lipinski definition) is 1. The molecule has 17 heavy (non-hydrogen) atoms. The van der Waals surface area contributed by atoms with Crippen LogP contribution in [0.25, 0.3) is 0 Å². The Kier molecular flexibility index (Phi) is 5.29. The lowest BCUT2D eigenvalue weighted by Gasteiger charge is -2.14. The predicted octanol–water partition coefficient (Wildman–Crippen LogP) is 2.65. The van der Waals surface area contributed by atoms with E-state index in [-0.39, 0.29) is 6.10 Å². The first-order valence-corrected chi connectivity index (χ1v) is 5.95. The van der Waals surface area contributed by atoms with Gasteiger partial charge in [-0.1, -0.05) is 19.9 Å². The quantitative estimate of drug-likeness (QED) is 0.828. The fourth-order valence-corrected chi connectivity index (χ4v) is 1.91. The number of methoxy groups -OCH3 is 2. The molecule has 0 aliphatic rings. The lowest BCUT2D eigenvalue weighted by atomic mass is 9.99. The maximum Gasteiger partial charge on any atom is 0.160 e. The SMILES string of the molecule is COc1ccc(CC(O)CC(C)C)cc1OC. The molecule has 0 aromatic heterocycles. The first kappa shape index (κ1) is 13.8. The molecule has 1 N–H and O–H groups in total. The van der Waals surface area contributed by atoms with E-state index in [1.54, 1.807) is 14.2 Å². The molecule has 3 nitrogen and oxygen atoms in total. The van der Waals surface area contributed by atoms with Crippen LogP contribution in [-0.4, -0.2) is 25.4 Å². The van der Waals surface area contributed by atoms with Gasteiger partial charge in [-0.25, -0.2) is 0 Å². The summed E-state index contributed by atoms with van der Waals surface area (Å²) in [5, 5.41) is 9.89. The van der Waals surface area contributed by atoms with Crippen LogP contribution in [0, 0.1) is 5.92 Å². The van der Waals surface area contributed by atoms with E-state index in [1.807, 2.05) is 18.2 Å². The fourth-order valence-electron chi connectivity index (χ4n) is 1.91. The number of rotatable bonds is 6. The Hall–Kier alpha value is -1.22. The summed E-state index contributed by atoms with van der Waals surface area (Å²) in [7, 11) is 3.23. The Labute approximate surface area is 103 Å². The maximum absolute atomic E-state index is 9.89. The van der Waals surface area contributed by atoms with Crippen molar-refractivity contribution >= 4 is 0 Å². The summed E-state index contributed by atoms with van der Waals surface area (Å²) in [6, 6.07) is 5.75. The summed E-state index contributed by atoms with van der Waals surface area (Å²) < 4.78 is 10.4. The van der Waals surface area contributed by atoms with Crippen LogP contribution in [0.2, 0.25) is 0 Å². The minimum atomic E-state index is -0.298. The molecule has 0 aliphatic heterocycles. The highest BCUT2D eigenvalue weighted by atomic mass is 16.5. The first-order valence-electron chi connectivity index (χ1n) is 5.95. The topological polar surface area (TPSA) is 38.7 Å². The van der Waals surface area contributed by atoms with Gasteiger partial charge >= 0.3 is 0 Å². The highest BCUT2D eigenvalue weighted by Crippen LogP contribution is 2.28. The minimum Gasteiger partial charge on any atom is -0.493 e. The molecule has 0 aliphatic carbocycles. The molecule has 1 aromatic carbocycles. The average molecular weight is 238 g/mol. The zero-order valence-corrected chi connectivity index (χ0v) is 11.1. The molecule has 0 bridgehead atoms. The third-order valence-corrected chi connectivity index (χ3v) is 2.66. The van der Waals surface area contributed by atoms with Crippen LogP contribution < -0.4 is 9.47 Å². The van der Waals surface area contributed by atoms with Crippen LogP contribution in [0.1, 0.15) is 25.8 Å². The number of hydrogen-bond acceptors (Lipinski definition) is 3. The van der Waals surface area contributed by atoms with Gasteiger partial charge in [-0.2, -0.15) is 0 Å². The van der Waals surface area contributed by atoms with Gasteiger partial charge in [-0.15, -0.1) is 0 Å². The number of benzene rings is 1. The van der Waals surface area contributed by atoms with Crippen molar-refractivity contribution in [3.8, 4) is 11.5 Å². The van der Waals surface area contributed by atoms with Crippen molar-refractivity contribution in [2.75, 3.05) is 14.2 Å². The highest BCUT2D eigenvalue weighted by molar-refractivity contribution is 5.43. The summed E-state index contributed by atoms with van der Waals surface area (Å²) in [5.74, 6) is 1.93. The minimum absolute atomic E-state index is 0.298. The van der Waals surface area contributed by atoms with E-state index in [0.29, 0.717) is 18.1 Å². The van der Waals surface area contributed by atoms with E-state index < -0.39 is 0 Å². The molecule has 0 amide bonds. The molecule has 0 saturated carbocycles. The van der Waals surface area contributed by atoms with E-state index >= 15 is 0 Å². The molecule has 0 spiro atoms. The molecule has 1 rings (SSSR count). The van der Waals surface area contributed by atoms with Gasteiger partial charge in [0.25, 0.3) is 0 Å². The average Bonchev–Trinajstić information content (AvgIpc) is 2.27. The third kappa shape index (κ3) is 4.27. The number of aliphatic hydroxyl groups excluding tert-OH is 1. The third-order valence-electron chi connectivity index (χ3n) is 2.66. The van der Waals surface area contributed by atoms with Crippen molar-refractivity contribution < 1.29 is 14.6 Å². The van der Waals surface area contributed by atoms with E-state index in [4.69, 9.17) is 9.47 Å². The summed E-state index contributed by atoms with van der Waals surface area (Å²) >= 11 is 0. The molecule has 0 fully saturated rings. The van der Waals surface area contributed by atoms with Gasteiger partial charge in [0.2, 0.25) is 0 Å². The summed E-state index contributed by atoms with van der Waals surface area (Å²) in [4.78, 5) is 0. The first-order chi connectivity index (χ1) is 8.06. The zero-order valence-electron chi connectivity index (χ0n) is 11.1. The van der Waals surface area contributed by atoms with Crippen molar-refractivity contribution in [2.45, 2.75) is 32.8 Å². The van der Waals surface area contributed by atoms with Crippen LogP contribution in [0.4, 0.5) is 0 Å². The molecule has 0 radical (unpaired) electrons. The normalized spacial score (nSPS) is 12.6. The zero-order chi connectivity index (χ0) is 12.8. The maximum atomic E-state index is 9.89. The molecule has 1 atom stereocenters. The van der Waals surface area contributed by atoms with Gasteiger partial charge < -0.3 is 14.6 Å². The van der Waals surface area contributed by atoms with Crippen molar-refractivity contribution in [1.29, 1.82) is 0 Å². The molecule has 0 saturated heterocycles. The van der Waals surface area contributed by atoms with Crippen molar-refractivity contribution in [3.05, 3.63) is 23.8 Å². The van der Waals surface area contributed by atoms with Crippen LogP contribution in [0.5, 0.6) is 11.5 Å². The van der Waals surface area contributed by atoms with Gasteiger partial charge in [0.05, 0.1) is 20.3 Å². The van der Waals surface area contributed by atoms with Crippen LogP contribution in [0.3, 0.4) is 0 Å². The lowest BCUT2D eigenvalue weighted by Crippen LogP contribution is -2.13. The Morgan fingerprint density at radius 3 is 2.29 bits per heavy atom. The number of aliphatic hydroxyl groups is 1. The van der Waals surface area contributed by atoms with Gasteiger partial charge in [0.1, 0.15) is 0 Å². The highest BCUT2D eigenvalue weighted by Gasteiger charge is 2.10.